The first-order valence-electron chi connectivity index (χ1n) is 7.49. The van der Waals surface area contributed by atoms with Crippen molar-refractivity contribution in [3.63, 3.8) is 0 Å². The molecule has 0 bridgehead atoms. The first-order valence-corrected chi connectivity index (χ1v) is 7.49. The minimum absolute atomic E-state index is 0.110. The minimum Gasteiger partial charge on any atom is -0.466 e. The Morgan fingerprint density at radius 1 is 1.35 bits per heavy atom. The molecule has 1 saturated carbocycles. The molecule has 0 heterocycles. The van der Waals surface area contributed by atoms with E-state index >= 15 is 0 Å². The van der Waals surface area contributed by atoms with Gasteiger partial charge >= 0.3 is 12.0 Å². The van der Waals surface area contributed by atoms with Crippen LogP contribution in [0.1, 0.15) is 45.4 Å². The Bertz CT molecular complexity index is 325. The summed E-state index contributed by atoms with van der Waals surface area (Å²) in [5.41, 5.74) is 0. The van der Waals surface area contributed by atoms with E-state index in [0.29, 0.717) is 19.7 Å². The van der Waals surface area contributed by atoms with Crippen LogP contribution in [0.3, 0.4) is 0 Å². The van der Waals surface area contributed by atoms with Crippen molar-refractivity contribution in [1.82, 2.24) is 10.2 Å². The highest BCUT2D eigenvalue weighted by Gasteiger charge is 2.19. The van der Waals surface area contributed by atoms with E-state index in [1.807, 2.05) is 0 Å². The Balaban J connectivity index is 2.40. The molecule has 0 aromatic rings. The molecule has 0 saturated heterocycles. The Morgan fingerprint density at radius 2 is 2.05 bits per heavy atom. The van der Waals surface area contributed by atoms with Crippen LogP contribution >= 0.6 is 0 Å². The Morgan fingerprint density at radius 3 is 2.65 bits per heavy atom. The number of amides is 2. The lowest BCUT2D eigenvalue weighted by Gasteiger charge is -2.27. The van der Waals surface area contributed by atoms with Crippen molar-refractivity contribution in [3.8, 4) is 0 Å². The second-order valence-corrected chi connectivity index (χ2v) is 5.07. The van der Waals surface area contributed by atoms with Crippen molar-refractivity contribution >= 4 is 12.0 Å². The molecular weight excluding hydrogens is 256 g/mol. The summed E-state index contributed by atoms with van der Waals surface area (Å²) < 4.78 is 4.88. The van der Waals surface area contributed by atoms with Crippen LogP contribution in [0.4, 0.5) is 4.79 Å². The maximum atomic E-state index is 12.2. The predicted octanol–water partition coefficient (Wildman–Crippen LogP) is 2.47. The maximum absolute atomic E-state index is 12.2. The van der Waals surface area contributed by atoms with Gasteiger partial charge in [-0.05, 0) is 19.8 Å². The molecule has 0 spiro atoms. The molecule has 0 aromatic heterocycles. The second kappa shape index (κ2) is 9.39. The van der Waals surface area contributed by atoms with E-state index in [1.54, 1.807) is 17.9 Å². The highest BCUT2D eigenvalue weighted by Crippen LogP contribution is 2.17. The summed E-state index contributed by atoms with van der Waals surface area (Å²) in [4.78, 5) is 25.2. The molecule has 5 nitrogen and oxygen atoms in total. The molecular formula is C15H26N2O3. The van der Waals surface area contributed by atoms with E-state index in [0.717, 1.165) is 12.8 Å². The molecule has 0 radical (unpaired) electrons. The number of esters is 1. The van der Waals surface area contributed by atoms with Crippen LogP contribution in [0.5, 0.6) is 0 Å². The van der Waals surface area contributed by atoms with E-state index in [4.69, 9.17) is 4.74 Å². The molecule has 1 N–H and O–H groups in total. The third-order valence-electron chi connectivity index (χ3n) is 3.46. The number of carbonyl (C=O) groups is 2. The molecule has 20 heavy (non-hydrogen) atoms. The molecule has 0 aliphatic heterocycles. The van der Waals surface area contributed by atoms with Crippen LogP contribution in [0.2, 0.25) is 0 Å². The van der Waals surface area contributed by atoms with Gasteiger partial charge in [-0.1, -0.05) is 25.3 Å². The third-order valence-corrected chi connectivity index (χ3v) is 3.46. The second-order valence-electron chi connectivity index (χ2n) is 5.07. The molecule has 1 aliphatic rings. The largest absolute Gasteiger partial charge is 0.466 e. The van der Waals surface area contributed by atoms with Crippen LogP contribution in [0.25, 0.3) is 0 Å². The summed E-state index contributed by atoms with van der Waals surface area (Å²) in [5, 5.41) is 3.05. The van der Waals surface area contributed by atoms with E-state index in [2.05, 4.69) is 11.9 Å². The SMILES string of the molecule is C=CCN(CCC(=O)OCC)C(=O)NC1CCCCC1. The monoisotopic (exact) mass is 282 g/mol. The number of hydrogen-bond donors (Lipinski definition) is 1. The van der Waals surface area contributed by atoms with Gasteiger partial charge in [-0.25, -0.2) is 4.79 Å². The lowest BCUT2D eigenvalue weighted by atomic mass is 9.96. The summed E-state index contributed by atoms with van der Waals surface area (Å²) in [7, 11) is 0. The van der Waals surface area contributed by atoms with E-state index in [1.165, 1.54) is 19.3 Å². The first-order chi connectivity index (χ1) is 9.67. The topological polar surface area (TPSA) is 58.6 Å². The van der Waals surface area contributed by atoms with Crippen molar-refractivity contribution in [2.45, 2.75) is 51.5 Å². The zero-order chi connectivity index (χ0) is 14.8. The zero-order valence-corrected chi connectivity index (χ0v) is 12.4. The highest BCUT2D eigenvalue weighted by atomic mass is 16.5. The average molecular weight is 282 g/mol. The number of carbonyl (C=O) groups excluding carboxylic acids is 2. The van der Waals surface area contributed by atoms with Crippen molar-refractivity contribution in [2.24, 2.45) is 0 Å². The molecule has 114 valence electrons. The number of nitrogens with one attached hydrogen (secondary N) is 1. The number of urea groups is 1. The number of nitrogens with zero attached hydrogens (tertiary/aromatic N) is 1. The smallest absolute Gasteiger partial charge is 0.317 e. The van der Waals surface area contributed by atoms with Crippen LogP contribution in [0.15, 0.2) is 12.7 Å². The summed E-state index contributed by atoms with van der Waals surface area (Å²) in [6, 6.07) is 0.159. The molecule has 5 heteroatoms. The van der Waals surface area contributed by atoms with Crippen molar-refractivity contribution in [1.29, 1.82) is 0 Å². The molecule has 1 rings (SSSR count). The van der Waals surface area contributed by atoms with Gasteiger partial charge in [0.05, 0.1) is 13.0 Å². The summed E-state index contributed by atoms with van der Waals surface area (Å²) >= 11 is 0. The Hall–Kier alpha value is -1.52. The molecule has 0 unspecified atom stereocenters. The lowest BCUT2D eigenvalue weighted by molar-refractivity contribution is -0.143. The molecule has 0 atom stereocenters. The maximum Gasteiger partial charge on any atom is 0.317 e. The standard InChI is InChI=1S/C15H26N2O3/c1-3-11-17(12-10-14(18)20-4-2)15(19)16-13-8-6-5-7-9-13/h3,13H,1,4-12H2,2H3,(H,16,19). The van der Waals surface area contributed by atoms with Gasteiger partial charge in [0, 0.05) is 19.1 Å². The molecule has 0 aromatic carbocycles. The fourth-order valence-corrected chi connectivity index (χ4v) is 2.40. The van der Waals surface area contributed by atoms with Crippen molar-refractivity contribution in [3.05, 3.63) is 12.7 Å². The zero-order valence-electron chi connectivity index (χ0n) is 12.4. The lowest BCUT2D eigenvalue weighted by Crippen LogP contribution is -2.46. The van der Waals surface area contributed by atoms with Crippen molar-refractivity contribution in [2.75, 3.05) is 19.7 Å². The fraction of sp³-hybridized carbons (Fsp3) is 0.733. The minimum atomic E-state index is -0.271. The van der Waals surface area contributed by atoms with Crippen LogP contribution in [-0.4, -0.2) is 42.6 Å². The summed E-state index contributed by atoms with van der Waals surface area (Å²) in [6.07, 6.45) is 7.60. The van der Waals surface area contributed by atoms with Crippen LogP contribution < -0.4 is 5.32 Å². The number of ether oxygens (including phenoxy) is 1. The van der Waals surface area contributed by atoms with Gasteiger partial charge in [-0.3, -0.25) is 4.79 Å². The molecule has 2 amide bonds. The van der Waals surface area contributed by atoms with Gasteiger partial charge in [0.2, 0.25) is 0 Å². The molecule has 1 aliphatic carbocycles. The Labute approximate surface area is 121 Å². The van der Waals surface area contributed by atoms with E-state index in [-0.39, 0.29) is 24.5 Å². The van der Waals surface area contributed by atoms with Crippen LogP contribution in [0, 0.1) is 0 Å². The normalized spacial score (nSPS) is 15.4. The van der Waals surface area contributed by atoms with Crippen LogP contribution in [-0.2, 0) is 9.53 Å². The van der Waals surface area contributed by atoms with E-state index in [9.17, 15) is 9.59 Å². The predicted molar refractivity (Wildman–Crippen MR) is 78.4 cm³/mol. The van der Waals surface area contributed by atoms with Gasteiger partial charge in [-0.15, -0.1) is 6.58 Å². The van der Waals surface area contributed by atoms with Gasteiger partial charge < -0.3 is 15.0 Å². The Kier molecular flexibility index (Phi) is 7.77. The quantitative estimate of drug-likeness (QED) is 0.576. The first kappa shape index (κ1) is 16.5. The number of rotatable bonds is 7. The van der Waals surface area contributed by atoms with Gasteiger partial charge in [0.25, 0.3) is 0 Å². The average Bonchev–Trinajstić information content (AvgIpc) is 2.44. The van der Waals surface area contributed by atoms with Crippen molar-refractivity contribution < 1.29 is 14.3 Å². The fourth-order valence-electron chi connectivity index (χ4n) is 2.40. The van der Waals surface area contributed by atoms with E-state index < -0.39 is 0 Å². The number of hydrogen-bond acceptors (Lipinski definition) is 3. The third kappa shape index (κ3) is 6.08. The summed E-state index contributed by atoms with van der Waals surface area (Å²) in [5.74, 6) is -0.271. The van der Waals surface area contributed by atoms with Gasteiger partial charge in [-0.2, -0.15) is 0 Å². The molecule has 1 fully saturated rings. The van der Waals surface area contributed by atoms with Gasteiger partial charge in [0.1, 0.15) is 0 Å². The van der Waals surface area contributed by atoms with Gasteiger partial charge in [0.15, 0.2) is 0 Å². The summed E-state index contributed by atoms with van der Waals surface area (Å²) in [6.45, 7) is 6.60. The highest BCUT2D eigenvalue weighted by molar-refractivity contribution is 5.76.